The molecule has 1 aromatic rings. The highest BCUT2D eigenvalue weighted by atomic mass is 32.1. The molecule has 0 atom stereocenters. The summed E-state index contributed by atoms with van der Waals surface area (Å²) in [4.78, 5) is 25.6. The molecule has 2 amide bonds. The molecule has 0 aliphatic carbocycles. The Bertz CT molecular complexity index is 446. The summed E-state index contributed by atoms with van der Waals surface area (Å²) in [5.74, 6) is -1.51. The molecular weight excluding hydrogens is 275 g/mol. The van der Waals surface area contributed by atoms with Gasteiger partial charge in [0, 0.05) is 0 Å². The largest absolute Gasteiger partial charge is 0.411 e. The van der Waals surface area contributed by atoms with Crippen molar-refractivity contribution >= 4 is 28.3 Å². The van der Waals surface area contributed by atoms with E-state index < -0.39 is 31.2 Å². The molecule has 1 rings (SSSR count). The number of aromatic nitrogens is 1. The number of amides is 2. The van der Waals surface area contributed by atoms with Crippen LogP contribution < -0.4 is 11.1 Å². The second kappa shape index (κ2) is 5.78. The first-order valence-electron chi connectivity index (χ1n) is 4.48. The Balaban J connectivity index is 2.38. The number of carbonyl (C=O) groups excluding carboxylic acids is 2. The van der Waals surface area contributed by atoms with E-state index in [2.05, 4.69) is 15.0 Å². The van der Waals surface area contributed by atoms with Crippen LogP contribution in [0.15, 0.2) is 6.20 Å². The van der Waals surface area contributed by atoms with E-state index in [1.807, 2.05) is 0 Å². The first-order chi connectivity index (χ1) is 8.28. The molecule has 6 nitrogen and oxygen atoms in total. The minimum atomic E-state index is -4.49. The number of hydrogen-bond acceptors (Lipinski definition) is 5. The van der Waals surface area contributed by atoms with Gasteiger partial charge in [-0.25, -0.2) is 4.98 Å². The number of halogens is 3. The lowest BCUT2D eigenvalue weighted by Gasteiger charge is -2.06. The summed E-state index contributed by atoms with van der Waals surface area (Å²) >= 11 is 0.813. The van der Waals surface area contributed by atoms with Crippen LogP contribution in [0.3, 0.4) is 0 Å². The molecule has 0 spiro atoms. The predicted molar refractivity (Wildman–Crippen MR) is 56.1 cm³/mol. The number of anilines is 1. The summed E-state index contributed by atoms with van der Waals surface area (Å²) in [7, 11) is 0. The Hall–Kier alpha value is -1.68. The normalized spacial score (nSPS) is 11.3. The highest BCUT2D eigenvalue weighted by molar-refractivity contribution is 7.17. The van der Waals surface area contributed by atoms with Gasteiger partial charge in [-0.1, -0.05) is 11.3 Å². The Morgan fingerprint density at radius 1 is 1.50 bits per heavy atom. The summed E-state index contributed by atoms with van der Waals surface area (Å²) in [6.45, 7) is -2.27. The number of rotatable bonds is 5. The average molecular weight is 283 g/mol. The Labute approximate surface area is 103 Å². The van der Waals surface area contributed by atoms with Gasteiger partial charge in [0.1, 0.15) is 18.1 Å². The number of primary amides is 1. The minimum absolute atomic E-state index is 0.0596. The SMILES string of the molecule is NC(=O)c1cnc(NC(=O)COCC(F)(F)F)s1. The summed E-state index contributed by atoms with van der Waals surface area (Å²) in [5, 5.41) is 2.23. The molecule has 0 saturated heterocycles. The van der Waals surface area contributed by atoms with Gasteiger partial charge in [0.05, 0.1) is 6.20 Å². The quantitative estimate of drug-likeness (QED) is 0.834. The zero-order valence-corrected chi connectivity index (χ0v) is 9.60. The number of ether oxygens (including phenoxy) is 1. The first kappa shape index (κ1) is 14.4. The topological polar surface area (TPSA) is 94.3 Å². The summed E-state index contributed by atoms with van der Waals surface area (Å²) < 4.78 is 39.3. The van der Waals surface area contributed by atoms with Crippen LogP contribution >= 0.6 is 11.3 Å². The summed E-state index contributed by atoms with van der Waals surface area (Å²) in [6.07, 6.45) is -3.33. The summed E-state index contributed by atoms with van der Waals surface area (Å²) in [6, 6.07) is 0. The van der Waals surface area contributed by atoms with Crippen molar-refractivity contribution in [3.8, 4) is 0 Å². The lowest BCUT2D eigenvalue weighted by molar-refractivity contribution is -0.174. The molecule has 0 aliphatic rings. The van der Waals surface area contributed by atoms with E-state index in [0.717, 1.165) is 17.5 Å². The van der Waals surface area contributed by atoms with Gasteiger partial charge in [-0.3, -0.25) is 14.9 Å². The lowest BCUT2D eigenvalue weighted by Crippen LogP contribution is -2.23. The third-order valence-corrected chi connectivity index (χ3v) is 2.42. The average Bonchev–Trinajstić information content (AvgIpc) is 2.64. The van der Waals surface area contributed by atoms with Crippen LogP contribution in [0.4, 0.5) is 18.3 Å². The molecule has 100 valence electrons. The highest BCUT2D eigenvalue weighted by Crippen LogP contribution is 2.17. The zero-order chi connectivity index (χ0) is 13.8. The molecule has 0 aromatic carbocycles. The first-order valence-corrected chi connectivity index (χ1v) is 5.29. The van der Waals surface area contributed by atoms with Gasteiger partial charge < -0.3 is 10.5 Å². The number of nitrogens with zero attached hydrogens (tertiary/aromatic N) is 1. The van der Waals surface area contributed by atoms with Crippen LogP contribution in [-0.2, 0) is 9.53 Å². The fraction of sp³-hybridized carbons (Fsp3) is 0.375. The molecule has 0 unspecified atom stereocenters. The van der Waals surface area contributed by atoms with Gasteiger partial charge in [-0.15, -0.1) is 0 Å². The molecule has 3 N–H and O–H groups in total. The van der Waals surface area contributed by atoms with E-state index in [1.165, 1.54) is 0 Å². The van der Waals surface area contributed by atoms with Crippen molar-refractivity contribution < 1.29 is 27.5 Å². The molecule has 0 radical (unpaired) electrons. The molecule has 0 aliphatic heterocycles. The highest BCUT2D eigenvalue weighted by Gasteiger charge is 2.27. The number of alkyl halides is 3. The van der Waals surface area contributed by atoms with Crippen LogP contribution in [0.5, 0.6) is 0 Å². The molecule has 18 heavy (non-hydrogen) atoms. The van der Waals surface area contributed by atoms with Gasteiger partial charge >= 0.3 is 6.18 Å². The lowest BCUT2D eigenvalue weighted by atomic mass is 10.5. The number of nitrogens with one attached hydrogen (secondary N) is 1. The Morgan fingerprint density at radius 2 is 2.17 bits per heavy atom. The van der Waals surface area contributed by atoms with Crippen molar-refractivity contribution in [3.63, 3.8) is 0 Å². The van der Waals surface area contributed by atoms with Crippen LogP contribution in [0.25, 0.3) is 0 Å². The number of nitrogens with two attached hydrogens (primary N) is 1. The van der Waals surface area contributed by atoms with E-state index >= 15 is 0 Å². The minimum Gasteiger partial charge on any atom is -0.365 e. The molecule has 1 aromatic heterocycles. The molecular formula is C8H8F3N3O3S. The van der Waals surface area contributed by atoms with Crippen molar-refractivity contribution in [1.29, 1.82) is 0 Å². The second-order valence-corrected chi connectivity index (χ2v) is 4.08. The van der Waals surface area contributed by atoms with Crippen LogP contribution in [0.1, 0.15) is 9.67 Å². The van der Waals surface area contributed by atoms with Crippen molar-refractivity contribution in [2.75, 3.05) is 18.5 Å². The number of thiazole rings is 1. The van der Waals surface area contributed by atoms with Crippen molar-refractivity contribution in [2.24, 2.45) is 5.73 Å². The zero-order valence-electron chi connectivity index (χ0n) is 8.78. The number of hydrogen-bond donors (Lipinski definition) is 2. The third kappa shape index (κ3) is 5.10. The van der Waals surface area contributed by atoms with Gasteiger partial charge in [-0.05, 0) is 0 Å². The molecule has 1 heterocycles. The summed E-state index contributed by atoms with van der Waals surface area (Å²) in [5.41, 5.74) is 4.96. The smallest absolute Gasteiger partial charge is 0.365 e. The van der Waals surface area contributed by atoms with E-state index in [-0.39, 0.29) is 10.0 Å². The third-order valence-electron chi connectivity index (χ3n) is 1.49. The molecule has 0 bridgehead atoms. The van der Waals surface area contributed by atoms with E-state index in [0.29, 0.717) is 0 Å². The van der Waals surface area contributed by atoms with E-state index in [1.54, 1.807) is 0 Å². The van der Waals surface area contributed by atoms with Gasteiger partial charge in [0.2, 0.25) is 0 Å². The van der Waals surface area contributed by atoms with E-state index in [4.69, 9.17) is 5.73 Å². The van der Waals surface area contributed by atoms with Gasteiger partial charge in [0.25, 0.3) is 11.8 Å². The van der Waals surface area contributed by atoms with Crippen LogP contribution in [-0.4, -0.2) is 36.2 Å². The fourth-order valence-corrected chi connectivity index (χ4v) is 1.55. The Morgan fingerprint density at radius 3 is 2.67 bits per heavy atom. The maximum absolute atomic E-state index is 11.7. The molecule has 10 heteroatoms. The Kier molecular flexibility index (Phi) is 4.62. The van der Waals surface area contributed by atoms with E-state index in [9.17, 15) is 22.8 Å². The standard InChI is InChI=1S/C8H8F3N3O3S/c9-8(10,11)3-17-2-5(15)14-7-13-1-4(18-7)6(12)16/h1H,2-3H2,(H2,12,16)(H,13,14,15). The monoisotopic (exact) mass is 283 g/mol. The van der Waals surface area contributed by atoms with Crippen LogP contribution in [0, 0.1) is 0 Å². The fourth-order valence-electron chi connectivity index (χ4n) is 0.861. The van der Waals surface area contributed by atoms with Gasteiger partial charge in [0.15, 0.2) is 5.13 Å². The van der Waals surface area contributed by atoms with Crippen LogP contribution in [0.2, 0.25) is 0 Å². The number of carbonyl (C=O) groups is 2. The predicted octanol–water partition coefficient (Wildman–Crippen LogP) is 0.759. The molecule has 0 saturated carbocycles. The van der Waals surface area contributed by atoms with Gasteiger partial charge in [-0.2, -0.15) is 13.2 Å². The molecule has 0 fully saturated rings. The van der Waals surface area contributed by atoms with Crippen molar-refractivity contribution in [1.82, 2.24) is 4.98 Å². The second-order valence-electron chi connectivity index (χ2n) is 3.05. The van der Waals surface area contributed by atoms with Crippen molar-refractivity contribution in [2.45, 2.75) is 6.18 Å². The maximum atomic E-state index is 11.7. The maximum Gasteiger partial charge on any atom is 0.411 e. The van der Waals surface area contributed by atoms with Crippen molar-refractivity contribution in [3.05, 3.63) is 11.1 Å².